The van der Waals surface area contributed by atoms with Crippen LogP contribution < -0.4 is 16.4 Å². The van der Waals surface area contributed by atoms with Crippen molar-refractivity contribution in [2.45, 2.75) is 63.7 Å². The Labute approximate surface area is 182 Å². The van der Waals surface area contributed by atoms with E-state index < -0.39 is 17.5 Å². The van der Waals surface area contributed by atoms with Crippen molar-refractivity contribution >= 4 is 23.8 Å². The van der Waals surface area contributed by atoms with Gasteiger partial charge in [0, 0.05) is 32.1 Å². The standard InChI is InChI=1S/C22H31N5O4/c1-15(2)25-21(31)26-12-10-22(11-13-26,27-17(19(23)29)8-9-18(27)28)20(30)24-14-16-6-4-3-5-7-16/h3-7,15,17H,8-14H2,1-2H3,(H2,23,29)(H,24,30)(H,25,31)/t17-/m0/s1. The molecule has 9 nitrogen and oxygen atoms in total. The average Bonchev–Trinajstić information content (AvgIpc) is 3.14. The molecular weight excluding hydrogens is 398 g/mol. The van der Waals surface area contributed by atoms with E-state index in [1.807, 2.05) is 44.2 Å². The Hall–Kier alpha value is -3.10. The van der Waals surface area contributed by atoms with E-state index in [1.165, 1.54) is 4.90 Å². The van der Waals surface area contributed by atoms with Crippen LogP contribution in [-0.2, 0) is 20.9 Å². The number of urea groups is 1. The summed E-state index contributed by atoms with van der Waals surface area (Å²) in [6, 6.07) is 8.45. The lowest BCUT2D eigenvalue weighted by Crippen LogP contribution is -2.67. The molecule has 0 radical (unpaired) electrons. The molecule has 9 heteroatoms. The molecule has 0 aromatic heterocycles. The molecule has 2 heterocycles. The summed E-state index contributed by atoms with van der Waals surface area (Å²) in [6.07, 6.45) is 0.974. The number of piperidine rings is 1. The van der Waals surface area contributed by atoms with Crippen LogP contribution in [0.5, 0.6) is 0 Å². The number of nitrogens with zero attached hydrogens (tertiary/aromatic N) is 2. The molecule has 2 saturated heterocycles. The Balaban J connectivity index is 1.83. The van der Waals surface area contributed by atoms with Gasteiger partial charge in [0.1, 0.15) is 11.6 Å². The molecule has 3 rings (SSSR count). The molecule has 2 aliphatic heterocycles. The van der Waals surface area contributed by atoms with E-state index >= 15 is 0 Å². The van der Waals surface area contributed by atoms with Gasteiger partial charge in [-0.15, -0.1) is 0 Å². The fraction of sp³-hybridized carbons (Fsp3) is 0.545. The molecule has 0 spiro atoms. The van der Waals surface area contributed by atoms with Crippen LogP contribution in [0.25, 0.3) is 0 Å². The average molecular weight is 430 g/mol. The van der Waals surface area contributed by atoms with Crippen molar-refractivity contribution in [2.75, 3.05) is 13.1 Å². The molecule has 2 fully saturated rings. The number of carbonyl (C=O) groups is 4. The number of primary amides is 1. The molecule has 1 aromatic carbocycles. The van der Waals surface area contributed by atoms with Gasteiger partial charge in [0.25, 0.3) is 0 Å². The van der Waals surface area contributed by atoms with Crippen molar-refractivity contribution < 1.29 is 19.2 Å². The Morgan fingerprint density at radius 3 is 2.39 bits per heavy atom. The molecule has 0 saturated carbocycles. The van der Waals surface area contributed by atoms with E-state index in [2.05, 4.69) is 10.6 Å². The van der Waals surface area contributed by atoms with E-state index in [9.17, 15) is 19.2 Å². The van der Waals surface area contributed by atoms with Crippen molar-refractivity contribution in [2.24, 2.45) is 5.73 Å². The van der Waals surface area contributed by atoms with Crippen LogP contribution in [-0.4, -0.2) is 64.3 Å². The number of likely N-dealkylation sites (tertiary alicyclic amines) is 2. The first kappa shape index (κ1) is 22.6. The Morgan fingerprint density at radius 1 is 1.16 bits per heavy atom. The molecular formula is C22H31N5O4. The number of nitrogens with two attached hydrogens (primary N) is 1. The lowest BCUT2D eigenvalue weighted by atomic mass is 9.83. The number of carbonyl (C=O) groups excluding carboxylic acids is 4. The summed E-state index contributed by atoms with van der Waals surface area (Å²) in [5.74, 6) is -1.18. The number of hydrogen-bond acceptors (Lipinski definition) is 4. The number of benzene rings is 1. The van der Waals surface area contributed by atoms with Crippen LogP contribution >= 0.6 is 0 Å². The number of amides is 5. The summed E-state index contributed by atoms with van der Waals surface area (Å²) in [6.45, 7) is 4.66. The molecule has 1 aromatic rings. The summed E-state index contributed by atoms with van der Waals surface area (Å²) in [4.78, 5) is 53.8. The minimum absolute atomic E-state index is 0.00671. The summed E-state index contributed by atoms with van der Waals surface area (Å²) in [5, 5.41) is 5.79. The van der Waals surface area contributed by atoms with Gasteiger partial charge in [-0.05, 0) is 38.7 Å². The predicted molar refractivity (Wildman–Crippen MR) is 115 cm³/mol. The Bertz CT molecular complexity index is 834. The van der Waals surface area contributed by atoms with Crippen molar-refractivity contribution in [3.05, 3.63) is 35.9 Å². The third-order valence-electron chi connectivity index (χ3n) is 6.01. The molecule has 168 valence electrons. The summed E-state index contributed by atoms with van der Waals surface area (Å²) < 4.78 is 0. The monoisotopic (exact) mass is 429 g/mol. The Kier molecular flexibility index (Phi) is 6.82. The second-order valence-electron chi connectivity index (χ2n) is 8.51. The van der Waals surface area contributed by atoms with Crippen LogP contribution in [0.4, 0.5) is 4.79 Å². The first-order valence-corrected chi connectivity index (χ1v) is 10.7. The van der Waals surface area contributed by atoms with E-state index in [0.717, 1.165) is 5.56 Å². The highest BCUT2D eigenvalue weighted by Crippen LogP contribution is 2.36. The fourth-order valence-corrected chi connectivity index (χ4v) is 4.43. The van der Waals surface area contributed by atoms with Crippen molar-refractivity contribution in [3.63, 3.8) is 0 Å². The number of hydrogen-bond donors (Lipinski definition) is 3. The topological polar surface area (TPSA) is 125 Å². The zero-order chi connectivity index (χ0) is 22.6. The third kappa shape index (κ3) is 4.81. The van der Waals surface area contributed by atoms with E-state index in [0.29, 0.717) is 26.1 Å². The number of rotatable bonds is 6. The minimum atomic E-state index is -1.21. The summed E-state index contributed by atoms with van der Waals surface area (Å²) >= 11 is 0. The molecule has 0 unspecified atom stereocenters. The van der Waals surface area contributed by atoms with E-state index in [1.54, 1.807) is 4.90 Å². The normalized spacial score (nSPS) is 20.6. The molecule has 1 atom stereocenters. The van der Waals surface area contributed by atoms with Crippen LogP contribution in [0.1, 0.15) is 45.1 Å². The predicted octanol–water partition coefficient (Wildman–Crippen LogP) is 0.732. The second kappa shape index (κ2) is 9.36. The van der Waals surface area contributed by atoms with Gasteiger partial charge in [0.05, 0.1) is 0 Å². The lowest BCUT2D eigenvalue weighted by molar-refractivity contribution is -0.153. The maximum atomic E-state index is 13.5. The smallest absolute Gasteiger partial charge is 0.317 e. The van der Waals surface area contributed by atoms with Crippen LogP contribution in [0.15, 0.2) is 30.3 Å². The highest BCUT2D eigenvalue weighted by Gasteiger charge is 2.54. The van der Waals surface area contributed by atoms with Gasteiger partial charge < -0.3 is 26.2 Å². The summed E-state index contributed by atoms with van der Waals surface area (Å²) in [5.41, 5.74) is 5.29. The van der Waals surface area contributed by atoms with E-state index in [-0.39, 0.29) is 43.1 Å². The fourth-order valence-electron chi connectivity index (χ4n) is 4.43. The molecule has 4 N–H and O–H groups in total. The van der Waals surface area contributed by atoms with Gasteiger partial charge in [0.2, 0.25) is 17.7 Å². The van der Waals surface area contributed by atoms with Crippen molar-refractivity contribution in [3.8, 4) is 0 Å². The summed E-state index contributed by atoms with van der Waals surface area (Å²) in [7, 11) is 0. The zero-order valence-corrected chi connectivity index (χ0v) is 18.1. The van der Waals surface area contributed by atoms with Gasteiger partial charge in [-0.25, -0.2) is 4.79 Å². The largest absolute Gasteiger partial charge is 0.368 e. The maximum absolute atomic E-state index is 13.5. The van der Waals surface area contributed by atoms with Gasteiger partial charge in [-0.2, -0.15) is 0 Å². The first-order valence-electron chi connectivity index (χ1n) is 10.7. The number of nitrogens with one attached hydrogen (secondary N) is 2. The molecule has 2 aliphatic rings. The van der Waals surface area contributed by atoms with Gasteiger partial charge >= 0.3 is 6.03 Å². The van der Waals surface area contributed by atoms with Gasteiger partial charge in [0.15, 0.2) is 0 Å². The maximum Gasteiger partial charge on any atom is 0.317 e. The third-order valence-corrected chi connectivity index (χ3v) is 6.01. The van der Waals surface area contributed by atoms with E-state index in [4.69, 9.17) is 5.73 Å². The van der Waals surface area contributed by atoms with Crippen molar-refractivity contribution in [1.82, 2.24) is 20.4 Å². The van der Waals surface area contributed by atoms with Crippen LogP contribution in [0.2, 0.25) is 0 Å². The molecule has 31 heavy (non-hydrogen) atoms. The van der Waals surface area contributed by atoms with Crippen LogP contribution in [0.3, 0.4) is 0 Å². The lowest BCUT2D eigenvalue weighted by Gasteiger charge is -2.47. The molecule has 5 amide bonds. The van der Waals surface area contributed by atoms with Crippen LogP contribution in [0, 0.1) is 0 Å². The van der Waals surface area contributed by atoms with Gasteiger partial charge in [-0.1, -0.05) is 30.3 Å². The molecule has 0 bridgehead atoms. The zero-order valence-electron chi connectivity index (χ0n) is 18.1. The second-order valence-corrected chi connectivity index (χ2v) is 8.51. The quantitative estimate of drug-likeness (QED) is 0.616. The molecule has 0 aliphatic carbocycles. The minimum Gasteiger partial charge on any atom is -0.368 e. The first-order chi connectivity index (χ1) is 14.7. The SMILES string of the molecule is CC(C)NC(=O)N1CCC(C(=O)NCc2ccccc2)(N2C(=O)CC[C@H]2C(N)=O)CC1. The highest BCUT2D eigenvalue weighted by molar-refractivity contribution is 5.97. The van der Waals surface area contributed by atoms with Gasteiger partial charge in [-0.3, -0.25) is 14.4 Å². The Morgan fingerprint density at radius 2 is 1.81 bits per heavy atom. The highest BCUT2D eigenvalue weighted by atomic mass is 16.2. The van der Waals surface area contributed by atoms with Crippen molar-refractivity contribution in [1.29, 1.82) is 0 Å².